The van der Waals surface area contributed by atoms with Gasteiger partial charge in [0.05, 0.1) is 22.4 Å². The lowest BCUT2D eigenvalue weighted by molar-refractivity contribution is 0.311. The molecule has 1 fully saturated rings. The molecule has 0 saturated carbocycles. The molecule has 12 heteroatoms. The molecule has 0 bridgehead atoms. The number of para-hydroxylation sites is 1. The maximum atomic E-state index is 13.0. The van der Waals surface area contributed by atoms with E-state index in [0.29, 0.717) is 33.4 Å². The summed E-state index contributed by atoms with van der Waals surface area (Å²) < 4.78 is 28.4. The second-order valence-electron chi connectivity index (χ2n) is 7.60. The van der Waals surface area contributed by atoms with Crippen LogP contribution in [0.25, 0.3) is 10.9 Å². The number of piperazine rings is 1. The molecule has 0 spiro atoms. The van der Waals surface area contributed by atoms with Gasteiger partial charge in [-0.2, -0.15) is 4.98 Å². The Morgan fingerprint density at radius 1 is 1.09 bits per heavy atom. The summed E-state index contributed by atoms with van der Waals surface area (Å²) in [6, 6.07) is 8.27. The molecule has 0 aliphatic carbocycles. The Morgan fingerprint density at radius 3 is 2.53 bits per heavy atom. The van der Waals surface area contributed by atoms with Crippen LogP contribution >= 0.6 is 23.2 Å². The van der Waals surface area contributed by atoms with Crippen LogP contribution in [-0.2, 0) is 10.0 Å². The Kier molecular flexibility index (Phi) is 6.57. The van der Waals surface area contributed by atoms with Crippen LogP contribution < -0.4 is 14.9 Å². The van der Waals surface area contributed by atoms with Crippen molar-refractivity contribution in [1.29, 1.82) is 0 Å². The highest BCUT2D eigenvalue weighted by molar-refractivity contribution is 7.93. The van der Waals surface area contributed by atoms with Gasteiger partial charge in [-0.05, 0) is 32.2 Å². The maximum absolute atomic E-state index is 13.0. The molecule has 1 unspecified atom stereocenters. The van der Waals surface area contributed by atoms with Crippen LogP contribution in [0.15, 0.2) is 36.5 Å². The lowest BCUT2D eigenvalue weighted by atomic mass is 10.3. The highest BCUT2D eigenvalue weighted by Crippen LogP contribution is 2.28. The number of rotatable bonds is 6. The monoisotopic (exact) mass is 495 g/mol. The summed E-state index contributed by atoms with van der Waals surface area (Å²) in [5.41, 5.74) is 0.880. The summed E-state index contributed by atoms with van der Waals surface area (Å²) in [7, 11) is -1.77. The lowest BCUT2D eigenvalue weighted by Crippen LogP contribution is -2.45. The molecule has 32 heavy (non-hydrogen) atoms. The summed E-state index contributed by atoms with van der Waals surface area (Å²) in [6.45, 7) is 4.84. The molecule has 4 rings (SSSR count). The Morgan fingerprint density at radius 2 is 1.81 bits per heavy atom. The van der Waals surface area contributed by atoms with Gasteiger partial charge in [-0.3, -0.25) is 4.72 Å². The summed E-state index contributed by atoms with van der Waals surface area (Å²) >= 11 is 12.2. The molecule has 1 aliphatic heterocycles. The molecule has 170 valence electrons. The van der Waals surface area contributed by atoms with Crippen molar-refractivity contribution >= 4 is 61.6 Å². The number of nitrogens with zero attached hydrogens (tertiary/aromatic N) is 5. The molecule has 2 aromatic heterocycles. The predicted octanol–water partition coefficient (Wildman–Crippen LogP) is 3.28. The molecule has 3 heterocycles. The average Bonchev–Trinajstić information content (AvgIpc) is 2.76. The van der Waals surface area contributed by atoms with E-state index in [1.807, 2.05) is 0 Å². The van der Waals surface area contributed by atoms with Crippen molar-refractivity contribution in [2.75, 3.05) is 48.2 Å². The number of benzene rings is 1. The highest BCUT2D eigenvalue weighted by atomic mass is 35.5. The van der Waals surface area contributed by atoms with Gasteiger partial charge in [-0.15, -0.1) is 0 Å². The Hall–Kier alpha value is -2.40. The second kappa shape index (κ2) is 9.22. The smallest absolute Gasteiger partial charge is 0.253 e. The van der Waals surface area contributed by atoms with Crippen LogP contribution in [0, 0.1) is 0 Å². The minimum Gasteiger partial charge on any atom is -0.352 e. The van der Waals surface area contributed by atoms with Gasteiger partial charge in [-0.1, -0.05) is 35.3 Å². The van der Waals surface area contributed by atoms with Gasteiger partial charge in [0.15, 0.2) is 0 Å². The molecule has 1 aromatic carbocycles. The van der Waals surface area contributed by atoms with Crippen LogP contribution in [0.2, 0.25) is 10.2 Å². The Balaban J connectivity index is 1.66. The lowest BCUT2D eigenvalue weighted by Gasteiger charge is -2.32. The summed E-state index contributed by atoms with van der Waals surface area (Å²) in [5, 5.41) is 3.15. The first-order chi connectivity index (χ1) is 15.2. The van der Waals surface area contributed by atoms with Crippen molar-refractivity contribution in [3.05, 3.63) is 46.7 Å². The van der Waals surface area contributed by atoms with E-state index in [-0.39, 0.29) is 5.15 Å². The van der Waals surface area contributed by atoms with E-state index in [0.717, 1.165) is 26.2 Å². The average molecular weight is 496 g/mol. The molecule has 0 radical (unpaired) electrons. The van der Waals surface area contributed by atoms with E-state index in [9.17, 15) is 8.42 Å². The van der Waals surface area contributed by atoms with Gasteiger partial charge < -0.3 is 15.1 Å². The van der Waals surface area contributed by atoms with Crippen molar-refractivity contribution in [2.24, 2.45) is 0 Å². The standard InChI is InChI=1S/C20H23Cl2N7O2S/c1-13(32(30,31)27-16-6-4-3-5-15(16)21)24-19-14-11-18(22)23-12-17(14)25-20(26-19)29-9-7-28(2)8-10-29/h3-6,11-13,27H,7-10H2,1-2H3,(H,24,25,26). The zero-order chi connectivity index (χ0) is 22.9. The van der Waals surface area contributed by atoms with Gasteiger partial charge in [0.2, 0.25) is 5.95 Å². The third kappa shape index (κ3) is 4.98. The molecule has 0 amide bonds. The molecular formula is C20H23Cl2N7O2S. The topological polar surface area (TPSA) is 103 Å². The number of fused-ring (bicyclic) bond motifs is 1. The Bertz CT molecular complexity index is 1230. The van der Waals surface area contributed by atoms with Gasteiger partial charge in [-0.25, -0.2) is 18.4 Å². The predicted molar refractivity (Wildman–Crippen MR) is 129 cm³/mol. The fourth-order valence-electron chi connectivity index (χ4n) is 3.31. The van der Waals surface area contributed by atoms with Gasteiger partial charge in [0.25, 0.3) is 10.0 Å². The third-order valence-corrected chi connectivity index (χ3v) is 7.34. The number of pyridine rings is 1. The molecule has 1 aliphatic rings. The minimum absolute atomic E-state index is 0.265. The number of likely N-dealkylation sites (N-methyl/N-ethyl adjacent to an activating group) is 1. The van der Waals surface area contributed by atoms with Gasteiger partial charge in [0, 0.05) is 31.6 Å². The summed E-state index contributed by atoms with van der Waals surface area (Å²) in [5.74, 6) is 0.881. The number of anilines is 3. The van der Waals surface area contributed by atoms with Crippen molar-refractivity contribution in [2.45, 2.75) is 12.3 Å². The van der Waals surface area contributed by atoms with E-state index in [1.165, 1.54) is 6.92 Å². The van der Waals surface area contributed by atoms with E-state index in [1.54, 1.807) is 36.5 Å². The molecule has 3 aromatic rings. The van der Waals surface area contributed by atoms with Crippen molar-refractivity contribution in [3.63, 3.8) is 0 Å². The minimum atomic E-state index is -3.83. The summed E-state index contributed by atoms with van der Waals surface area (Å²) in [6.07, 6.45) is 1.56. The SMILES string of the molecule is CC(Nc1nc(N2CCN(C)CC2)nc2cnc(Cl)cc12)S(=O)(=O)Nc1ccccc1Cl. The third-order valence-electron chi connectivity index (χ3n) is 5.25. The normalized spacial score (nSPS) is 16.2. The zero-order valence-electron chi connectivity index (χ0n) is 17.6. The van der Waals surface area contributed by atoms with Crippen LogP contribution in [0.1, 0.15) is 6.92 Å². The molecule has 2 N–H and O–H groups in total. The maximum Gasteiger partial charge on any atom is 0.253 e. The van der Waals surface area contributed by atoms with Crippen LogP contribution in [0.5, 0.6) is 0 Å². The Labute approximate surface area is 196 Å². The molecular weight excluding hydrogens is 473 g/mol. The van der Waals surface area contributed by atoms with E-state index < -0.39 is 15.4 Å². The first-order valence-corrected chi connectivity index (χ1v) is 12.3. The number of sulfonamides is 1. The highest BCUT2D eigenvalue weighted by Gasteiger charge is 2.25. The second-order valence-corrected chi connectivity index (χ2v) is 10.4. The van der Waals surface area contributed by atoms with E-state index in [2.05, 4.69) is 41.8 Å². The number of hydrogen-bond donors (Lipinski definition) is 2. The van der Waals surface area contributed by atoms with Crippen molar-refractivity contribution < 1.29 is 8.42 Å². The number of aromatic nitrogens is 3. The summed E-state index contributed by atoms with van der Waals surface area (Å²) in [4.78, 5) is 17.7. The van der Waals surface area contributed by atoms with Crippen LogP contribution in [0.3, 0.4) is 0 Å². The fourth-order valence-corrected chi connectivity index (χ4v) is 4.63. The molecule has 1 atom stereocenters. The number of hydrogen-bond acceptors (Lipinski definition) is 8. The number of halogens is 2. The van der Waals surface area contributed by atoms with Crippen molar-refractivity contribution in [3.8, 4) is 0 Å². The van der Waals surface area contributed by atoms with Crippen LogP contribution in [0.4, 0.5) is 17.5 Å². The van der Waals surface area contributed by atoms with E-state index in [4.69, 9.17) is 23.2 Å². The van der Waals surface area contributed by atoms with Gasteiger partial charge >= 0.3 is 0 Å². The quantitative estimate of drug-likeness (QED) is 0.502. The first kappa shape index (κ1) is 22.8. The number of nitrogens with one attached hydrogen (secondary N) is 2. The van der Waals surface area contributed by atoms with Gasteiger partial charge in [0.1, 0.15) is 16.3 Å². The van der Waals surface area contributed by atoms with E-state index >= 15 is 0 Å². The first-order valence-electron chi connectivity index (χ1n) is 10.0. The zero-order valence-corrected chi connectivity index (χ0v) is 19.9. The molecule has 1 saturated heterocycles. The molecule has 9 nitrogen and oxygen atoms in total. The van der Waals surface area contributed by atoms with Crippen molar-refractivity contribution in [1.82, 2.24) is 19.9 Å². The van der Waals surface area contributed by atoms with Crippen LogP contribution in [-0.4, -0.2) is 66.9 Å². The largest absolute Gasteiger partial charge is 0.352 e. The fraction of sp³-hybridized carbons (Fsp3) is 0.350.